The van der Waals surface area contributed by atoms with Crippen molar-refractivity contribution < 1.29 is 9.59 Å². The maximum absolute atomic E-state index is 12.2. The van der Waals surface area contributed by atoms with Gasteiger partial charge in [0, 0.05) is 25.6 Å². The number of halogens is 2. The number of hydrogen-bond acceptors (Lipinski definition) is 2. The molecule has 0 bridgehead atoms. The third-order valence-corrected chi connectivity index (χ3v) is 4.79. The zero-order valence-electron chi connectivity index (χ0n) is 14.4. The molecule has 6 heteroatoms. The molecule has 0 aliphatic heterocycles. The van der Waals surface area contributed by atoms with Gasteiger partial charge in [-0.1, -0.05) is 35.3 Å². The molecule has 0 aromatic heterocycles. The van der Waals surface area contributed by atoms with Gasteiger partial charge in [0.2, 0.25) is 11.8 Å². The second-order valence-corrected chi connectivity index (χ2v) is 6.62. The Morgan fingerprint density at radius 1 is 1.08 bits per heavy atom. The van der Waals surface area contributed by atoms with Crippen molar-refractivity contribution in [1.82, 2.24) is 0 Å². The van der Waals surface area contributed by atoms with E-state index in [4.69, 9.17) is 23.2 Å². The predicted octanol–water partition coefficient (Wildman–Crippen LogP) is 4.99. The normalized spacial score (nSPS) is 10.4. The van der Waals surface area contributed by atoms with Gasteiger partial charge in [0.25, 0.3) is 0 Å². The van der Waals surface area contributed by atoms with Gasteiger partial charge >= 0.3 is 0 Å². The quantitative estimate of drug-likeness (QED) is 0.796. The minimum absolute atomic E-state index is 0.114. The summed E-state index contributed by atoms with van der Waals surface area (Å²) >= 11 is 12.0. The lowest BCUT2D eigenvalue weighted by atomic mass is 10.1. The molecule has 0 saturated heterocycles. The average Bonchev–Trinajstić information content (AvgIpc) is 2.55. The van der Waals surface area contributed by atoms with Gasteiger partial charge in [0.1, 0.15) is 0 Å². The van der Waals surface area contributed by atoms with E-state index in [1.54, 1.807) is 23.1 Å². The third kappa shape index (κ3) is 4.97. The second-order valence-electron chi connectivity index (χ2n) is 5.84. The minimum atomic E-state index is -0.237. The molecule has 0 aliphatic rings. The van der Waals surface area contributed by atoms with Gasteiger partial charge in [-0.25, -0.2) is 0 Å². The van der Waals surface area contributed by atoms with Crippen LogP contribution in [0.3, 0.4) is 0 Å². The van der Waals surface area contributed by atoms with E-state index in [1.165, 1.54) is 6.92 Å². The minimum Gasteiger partial charge on any atom is -0.325 e. The summed E-state index contributed by atoms with van der Waals surface area (Å²) in [6.45, 7) is 5.77. The molecule has 0 radical (unpaired) electrons. The highest BCUT2D eigenvalue weighted by Gasteiger charge is 2.15. The lowest BCUT2D eigenvalue weighted by molar-refractivity contribution is -0.117. The van der Waals surface area contributed by atoms with E-state index in [-0.39, 0.29) is 24.8 Å². The zero-order valence-corrected chi connectivity index (χ0v) is 15.9. The molecule has 2 rings (SSSR count). The molecule has 2 aromatic carbocycles. The Morgan fingerprint density at radius 3 is 2.44 bits per heavy atom. The Kier molecular flexibility index (Phi) is 6.45. The highest BCUT2D eigenvalue weighted by Crippen LogP contribution is 2.29. The first kappa shape index (κ1) is 19.3. The second kappa shape index (κ2) is 8.37. The number of rotatable bonds is 5. The van der Waals surface area contributed by atoms with Gasteiger partial charge < -0.3 is 10.2 Å². The van der Waals surface area contributed by atoms with Gasteiger partial charge in [0.15, 0.2) is 0 Å². The van der Waals surface area contributed by atoms with E-state index in [0.717, 1.165) is 16.8 Å². The average molecular weight is 379 g/mol. The molecule has 4 nitrogen and oxygen atoms in total. The van der Waals surface area contributed by atoms with Gasteiger partial charge in [0.05, 0.1) is 15.7 Å². The van der Waals surface area contributed by atoms with Gasteiger partial charge in [-0.15, -0.1) is 0 Å². The maximum atomic E-state index is 12.2. The molecule has 0 spiro atoms. The molecule has 25 heavy (non-hydrogen) atoms. The number of carbonyl (C=O) groups is 2. The number of aryl methyl sites for hydroxylation is 2. The van der Waals surface area contributed by atoms with Crippen LogP contribution in [-0.4, -0.2) is 18.4 Å². The number of benzene rings is 2. The Balaban J connectivity index is 2.05. The number of anilines is 2. The molecule has 1 N–H and O–H groups in total. The van der Waals surface area contributed by atoms with Crippen molar-refractivity contribution in [2.45, 2.75) is 27.2 Å². The molecule has 2 aromatic rings. The van der Waals surface area contributed by atoms with Crippen LogP contribution in [0.25, 0.3) is 0 Å². The van der Waals surface area contributed by atoms with Crippen LogP contribution in [0.5, 0.6) is 0 Å². The summed E-state index contributed by atoms with van der Waals surface area (Å²) in [7, 11) is 0. The van der Waals surface area contributed by atoms with Crippen LogP contribution >= 0.6 is 23.2 Å². The third-order valence-electron chi connectivity index (χ3n) is 3.97. The van der Waals surface area contributed by atoms with E-state index in [0.29, 0.717) is 15.7 Å². The summed E-state index contributed by atoms with van der Waals surface area (Å²) in [6.07, 6.45) is 0.148. The van der Waals surface area contributed by atoms with Gasteiger partial charge in [-0.05, 0) is 49.2 Å². The largest absolute Gasteiger partial charge is 0.325 e. The molecule has 132 valence electrons. The fourth-order valence-corrected chi connectivity index (χ4v) is 2.74. The molecule has 0 atom stereocenters. The SMILES string of the molecule is CC(=O)N(CCC(=O)Nc1cccc(Cl)c1Cl)c1ccc(C)c(C)c1. The van der Waals surface area contributed by atoms with Crippen molar-refractivity contribution in [3.63, 3.8) is 0 Å². The summed E-state index contributed by atoms with van der Waals surface area (Å²) in [6, 6.07) is 10.8. The van der Waals surface area contributed by atoms with Crippen LogP contribution in [0, 0.1) is 13.8 Å². The molecule has 0 aliphatic carbocycles. The van der Waals surface area contributed by atoms with E-state index in [9.17, 15) is 9.59 Å². The smallest absolute Gasteiger partial charge is 0.226 e. The van der Waals surface area contributed by atoms with Crippen molar-refractivity contribution in [1.29, 1.82) is 0 Å². The van der Waals surface area contributed by atoms with Crippen molar-refractivity contribution in [3.05, 3.63) is 57.6 Å². The lowest BCUT2D eigenvalue weighted by Crippen LogP contribution is -2.32. The molecule has 2 amide bonds. The number of amides is 2. The predicted molar refractivity (Wildman–Crippen MR) is 104 cm³/mol. The highest BCUT2D eigenvalue weighted by molar-refractivity contribution is 6.43. The number of carbonyl (C=O) groups excluding carboxylic acids is 2. The zero-order chi connectivity index (χ0) is 18.6. The summed E-state index contributed by atoms with van der Waals surface area (Å²) in [5.41, 5.74) is 3.49. The van der Waals surface area contributed by atoms with E-state index in [1.807, 2.05) is 32.0 Å². The molecule has 0 heterocycles. The first-order chi connectivity index (χ1) is 11.8. The summed E-state index contributed by atoms with van der Waals surface area (Å²) in [4.78, 5) is 25.8. The van der Waals surface area contributed by atoms with Crippen LogP contribution in [-0.2, 0) is 9.59 Å². The van der Waals surface area contributed by atoms with E-state index < -0.39 is 0 Å². The fraction of sp³-hybridized carbons (Fsp3) is 0.263. The Hall–Kier alpha value is -2.04. The topological polar surface area (TPSA) is 49.4 Å². The summed E-state index contributed by atoms with van der Waals surface area (Å²) in [5, 5.41) is 3.40. The summed E-state index contributed by atoms with van der Waals surface area (Å²) in [5.74, 6) is -0.351. The van der Waals surface area contributed by atoms with Crippen molar-refractivity contribution in [2.24, 2.45) is 0 Å². The Bertz CT molecular complexity index is 806. The fourth-order valence-electron chi connectivity index (χ4n) is 2.39. The Morgan fingerprint density at radius 2 is 1.80 bits per heavy atom. The monoisotopic (exact) mass is 378 g/mol. The summed E-state index contributed by atoms with van der Waals surface area (Å²) < 4.78 is 0. The van der Waals surface area contributed by atoms with Crippen molar-refractivity contribution in [2.75, 3.05) is 16.8 Å². The highest BCUT2D eigenvalue weighted by atomic mass is 35.5. The molecular weight excluding hydrogens is 359 g/mol. The number of nitrogens with one attached hydrogen (secondary N) is 1. The van der Waals surface area contributed by atoms with E-state index >= 15 is 0 Å². The van der Waals surface area contributed by atoms with E-state index in [2.05, 4.69) is 5.32 Å². The molecule has 0 fully saturated rings. The number of hydrogen-bond donors (Lipinski definition) is 1. The van der Waals surface area contributed by atoms with Gasteiger partial charge in [-0.2, -0.15) is 0 Å². The van der Waals surface area contributed by atoms with Crippen molar-refractivity contribution >= 4 is 46.4 Å². The van der Waals surface area contributed by atoms with Gasteiger partial charge in [-0.3, -0.25) is 9.59 Å². The van der Waals surface area contributed by atoms with Crippen LogP contribution in [0.2, 0.25) is 10.0 Å². The molecule has 0 unspecified atom stereocenters. The van der Waals surface area contributed by atoms with Crippen molar-refractivity contribution in [3.8, 4) is 0 Å². The standard InChI is InChI=1S/C19H20Cl2N2O2/c1-12-7-8-15(11-13(12)2)23(14(3)24)10-9-18(25)22-17-6-4-5-16(20)19(17)21/h4-8,11H,9-10H2,1-3H3,(H,22,25). The number of nitrogens with zero attached hydrogens (tertiary/aromatic N) is 1. The molecule has 0 saturated carbocycles. The van der Waals surface area contributed by atoms with Crippen LogP contribution in [0.4, 0.5) is 11.4 Å². The van der Waals surface area contributed by atoms with Crippen LogP contribution in [0.1, 0.15) is 24.5 Å². The lowest BCUT2D eigenvalue weighted by Gasteiger charge is -2.22. The van der Waals surface area contributed by atoms with Crippen LogP contribution < -0.4 is 10.2 Å². The first-order valence-corrected chi connectivity index (χ1v) is 8.64. The Labute approximate surface area is 157 Å². The van der Waals surface area contributed by atoms with Crippen LogP contribution in [0.15, 0.2) is 36.4 Å². The maximum Gasteiger partial charge on any atom is 0.226 e. The molecular formula is C19H20Cl2N2O2. The first-order valence-electron chi connectivity index (χ1n) is 7.89.